The number of benzene rings is 2. The van der Waals surface area contributed by atoms with Gasteiger partial charge in [-0.3, -0.25) is 4.79 Å². The van der Waals surface area contributed by atoms with Gasteiger partial charge in [0, 0.05) is 19.1 Å². The van der Waals surface area contributed by atoms with E-state index in [9.17, 15) is 4.79 Å². The average molecular weight is 292 g/mol. The van der Waals surface area contributed by atoms with Crippen molar-refractivity contribution in [2.24, 2.45) is 5.92 Å². The Morgan fingerprint density at radius 3 is 2.59 bits per heavy atom. The molecule has 0 radical (unpaired) electrons. The van der Waals surface area contributed by atoms with Crippen molar-refractivity contribution in [2.75, 3.05) is 19.6 Å². The Morgan fingerprint density at radius 2 is 1.82 bits per heavy atom. The summed E-state index contributed by atoms with van der Waals surface area (Å²) in [4.78, 5) is 17.8. The minimum Gasteiger partial charge on any atom is -0.330 e. The molecule has 0 aliphatic carbocycles. The summed E-state index contributed by atoms with van der Waals surface area (Å²) in [6, 6.07) is 13.0. The number of fused-ring (bicyclic) bond motifs is 6. The van der Waals surface area contributed by atoms with Gasteiger partial charge in [0.2, 0.25) is 0 Å². The predicted molar refractivity (Wildman–Crippen MR) is 86.8 cm³/mol. The van der Waals surface area contributed by atoms with Crippen molar-refractivity contribution in [1.82, 2.24) is 9.80 Å². The van der Waals surface area contributed by atoms with Crippen LogP contribution in [0.5, 0.6) is 0 Å². The first-order valence-electron chi connectivity index (χ1n) is 8.35. The number of amides is 1. The zero-order chi connectivity index (χ0) is 14.7. The molecule has 0 spiro atoms. The van der Waals surface area contributed by atoms with Crippen molar-refractivity contribution in [2.45, 2.75) is 25.4 Å². The van der Waals surface area contributed by atoms with Gasteiger partial charge in [0.25, 0.3) is 5.91 Å². The van der Waals surface area contributed by atoms with E-state index in [0.29, 0.717) is 12.0 Å². The van der Waals surface area contributed by atoms with Gasteiger partial charge in [-0.25, -0.2) is 0 Å². The molecule has 3 heteroatoms. The summed E-state index contributed by atoms with van der Waals surface area (Å²) in [7, 11) is 0. The summed E-state index contributed by atoms with van der Waals surface area (Å²) in [6.45, 7) is 4.31. The summed E-state index contributed by atoms with van der Waals surface area (Å²) in [5.74, 6) is 0.958. The third-order valence-corrected chi connectivity index (χ3v) is 5.85. The maximum absolute atomic E-state index is 13.1. The third kappa shape index (κ3) is 1.69. The second-order valence-electron chi connectivity index (χ2n) is 6.96. The molecule has 4 aliphatic heterocycles. The van der Waals surface area contributed by atoms with Gasteiger partial charge in [-0.05, 0) is 48.2 Å². The summed E-state index contributed by atoms with van der Waals surface area (Å²) in [5.41, 5.74) is 2.16. The van der Waals surface area contributed by atoms with Crippen molar-refractivity contribution in [3.63, 3.8) is 0 Å². The molecule has 2 aromatic carbocycles. The molecule has 4 aliphatic rings. The Morgan fingerprint density at radius 1 is 1.00 bits per heavy atom. The fraction of sp³-hybridized carbons (Fsp3) is 0.421. The normalized spacial score (nSPS) is 30.1. The highest BCUT2D eigenvalue weighted by Gasteiger charge is 2.42. The molecule has 0 N–H and O–H groups in total. The molecular weight excluding hydrogens is 272 g/mol. The topological polar surface area (TPSA) is 23.6 Å². The summed E-state index contributed by atoms with van der Waals surface area (Å²) in [5, 5.41) is 2.29. The molecule has 0 unspecified atom stereocenters. The highest BCUT2D eigenvalue weighted by Crippen LogP contribution is 2.37. The lowest BCUT2D eigenvalue weighted by molar-refractivity contribution is 0.00851. The Hall–Kier alpha value is -1.87. The molecule has 3 fully saturated rings. The molecule has 6 rings (SSSR count). The van der Waals surface area contributed by atoms with E-state index < -0.39 is 0 Å². The van der Waals surface area contributed by atoms with Crippen LogP contribution in [-0.2, 0) is 6.54 Å². The van der Waals surface area contributed by atoms with Crippen LogP contribution in [0.3, 0.4) is 0 Å². The van der Waals surface area contributed by atoms with Crippen LogP contribution in [0.25, 0.3) is 10.8 Å². The molecule has 0 aromatic heterocycles. The third-order valence-electron chi connectivity index (χ3n) is 5.85. The Bertz CT molecular complexity index is 761. The van der Waals surface area contributed by atoms with Crippen LogP contribution in [0.1, 0.15) is 28.8 Å². The zero-order valence-corrected chi connectivity index (χ0v) is 12.7. The first kappa shape index (κ1) is 12.7. The van der Waals surface area contributed by atoms with E-state index in [1.165, 1.54) is 36.9 Å². The predicted octanol–water partition coefficient (Wildman–Crippen LogP) is 2.89. The highest BCUT2D eigenvalue weighted by atomic mass is 16.2. The number of piperidine rings is 3. The van der Waals surface area contributed by atoms with Crippen LogP contribution in [0, 0.1) is 5.92 Å². The molecule has 3 saturated heterocycles. The number of hydrogen-bond donors (Lipinski definition) is 0. The summed E-state index contributed by atoms with van der Waals surface area (Å²) < 4.78 is 0. The number of rotatable bonds is 1. The molecule has 2 bridgehead atoms. The van der Waals surface area contributed by atoms with E-state index in [0.717, 1.165) is 24.0 Å². The quantitative estimate of drug-likeness (QED) is 0.807. The molecule has 2 aromatic rings. The summed E-state index contributed by atoms with van der Waals surface area (Å²) in [6.07, 6.45) is 2.51. The largest absolute Gasteiger partial charge is 0.330 e. The Balaban J connectivity index is 1.56. The van der Waals surface area contributed by atoms with Crippen molar-refractivity contribution < 1.29 is 4.79 Å². The van der Waals surface area contributed by atoms with Crippen LogP contribution < -0.4 is 0 Å². The summed E-state index contributed by atoms with van der Waals surface area (Å²) >= 11 is 0. The van der Waals surface area contributed by atoms with Gasteiger partial charge in [0.1, 0.15) is 0 Å². The first-order valence-corrected chi connectivity index (χ1v) is 8.35. The van der Waals surface area contributed by atoms with Crippen molar-refractivity contribution in [3.8, 4) is 0 Å². The lowest BCUT2D eigenvalue weighted by Crippen LogP contribution is -2.57. The van der Waals surface area contributed by atoms with E-state index in [-0.39, 0.29) is 5.91 Å². The minimum atomic E-state index is 0.255. The van der Waals surface area contributed by atoms with Gasteiger partial charge in [0.05, 0.1) is 5.56 Å². The molecule has 22 heavy (non-hydrogen) atoms. The van der Waals surface area contributed by atoms with E-state index in [2.05, 4.69) is 34.1 Å². The van der Waals surface area contributed by atoms with E-state index >= 15 is 0 Å². The number of nitrogens with zero attached hydrogens (tertiary/aromatic N) is 2. The SMILES string of the molecule is O=C1c2c(ccc3ccccc23)CN1[C@@H]1CN2CCC1CC2. The van der Waals surface area contributed by atoms with Crippen molar-refractivity contribution >= 4 is 16.7 Å². The molecular formula is C19H20N2O. The van der Waals surface area contributed by atoms with Crippen LogP contribution in [-0.4, -0.2) is 41.4 Å². The van der Waals surface area contributed by atoms with E-state index in [1.54, 1.807) is 0 Å². The average Bonchev–Trinajstić information content (AvgIpc) is 2.93. The van der Waals surface area contributed by atoms with Gasteiger partial charge < -0.3 is 9.80 Å². The monoisotopic (exact) mass is 292 g/mol. The van der Waals surface area contributed by atoms with Gasteiger partial charge >= 0.3 is 0 Å². The fourth-order valence-corrected chi connectivity index (χ4v) is 4.65. The number of carbonyl (C=O) groups is 1. The minimum absolute atomic E-state index is 0.255. The Kier molecular flexibility index (Phi) is 2.62. The van der Waals surface area contributed by atoms with Gasteiger partial charge in [-0.1, -0.05) is 36.4 Å². The van der Waals surface area contributed by atoms with Crippen LogP contribution in [0.15, 0.2) is 36.4 Å². The lowest BCUT2D eigenvalue weighted by atomic mass is 9.83. The molecule has 3 nitrogen and oxygen atoms in total. The Labute approximate surface area is 130 Å². The molecule has 0 saturated carbocycles. The van der Waals surface area contributed by atoms with Crippen LogP contribution >= 0.6 is 0 Å². The molecule has 1 atom stereocenters. The zero-order valence-electron chi connectivity index (χ0n) is 12.7. The fourth-order valence-electron chi connectivity index (χ4n) is 4.65. The first-order chi connectivity index (χ1) is 10.8. The molecule has 1 amide bonds. The van der Waals surface area contributed by atoms with E-state index in [4.69, 9.17) is 0 Å². The smallest absolute Gasteiger partial charge is 0.255 e. The number of carbonyl (C=O) groups excluding carboxylic acids is 1. The van der Waals surface area contributed by atoms with Gasteiger partial charge in [0.15, 0.2) is 0 Å². The van der Waals surface area contributed by atoms with Gasteiger partial charge in [-0.15, -0.1) is 0 Å². The second kappa shape index (κ2) is 4.56. The van der Waals surface area contributed by atoms with Gasteiger partial charge in [-0.2, -0.15) is 0 Å². The van der Waals surface area contributed by atoms with Crippen LogP contribution in [0.2, 0.25) is 0 Å². The van der Waals surface area contributed by atoms with Crippen molar-refractivity contribution in [1.29, 1.82) is 0 Å². The van der Waals surface area contributed by atoms with Crippen molar-refractivity contribution in [3.05, 3.63) is 47.5 Å². The maximum atomic E-state index is 13.1. The molecule has 112 valence electrons. The highest BCUT2D eigenvalue weighted by molar-refractivity contribution is 6.10. The van der Waals surface area contributed by atoms with Crippen LogP contribution in [0.4, 0.5) is 0 Å². The molecule has 4 heterocycles. The standard InChI is InChI=1S/C19H20N2O/c22-19-18-15(6-5-13-3-1-2-4-16(13)18)11-21(19)17-12-20-9-7-14(17)8-10-20/h1-6,14,17H,7-12H2/t17-/m1/s1. The lowest BCUT2D eigenvalue weighted by Gasteiger charge is -2.48. The van der Waals surface area contributed by atoms with E-state index in [1.807, 2.05) is 12.1 Å². The second-order valence-corrected chi connectivity index (χ2v) is 6.96. The maximum Gasteiger partial charge on any atom is 0.255 e. The number of hydrogen-bond acceptors (Lipinski definition) is 2.